The van der Waals surface area contributed by atoms with E-state index in [2.05, 4.69) is 29.8 Å². The van der Waals surface area contributed by atoms with Gasteiger partial charge in [-0.2, -0.15) is 0 Å². The monoisotopic (exact) mass is 316 g/mol. The van der Waals surface area contributed by atoms with E-state index in [1.54, 1.807) is 6.07 Å². The van der Waals surface area contributed by atoms with Gasteiger partial charge in [0, 0.05) is 22.1 Å². The van der Waals surface area contributed by atoms with Crippen LogP contribution in [0.5, 0.6) is 5.75 Å². The second-order valence-corrected chi connectivity index (χ2v) is 5.61. The van der Waals surface area contributed by atoms with Crippen molar-refractivity contribution in [1.82, 2.24) is 0 Å². The molecule has 0 aliphatic carbocycles. The fraction of sp³-hybridized carbons (Fsp3) is 0.500. The minimum absolute atomic E-state index is 0.320. The van der Waals surface area contributed by atoms with Crippen LogP contribution in [0.2, 0.25) is 0 Å². The molecule has 0 bridgehead atoms. The predicted octanol–water partition coefficient (Wildman–Crippen LogP) is 3.50. The van der Waals surface area contributed by atoms with Gasteiger partial charge >= 0.3 is 5.69 Å². The molecule has 0 unspecified atom stereocenters. The summed E-state index contributed by atoms with van der Waals surface area (Å²) in [6.07, 6.45) is 1.58. The Balaban J connectivity index is 3.04. The number of nitro benzene ring substituents is 1. The lowest BCUT2D eigenvalue weighted by Crippen LogP contribution is -2.12. The zero-order valence-electron chi connectivity index (χ0n) is 10.4. The van der Waals surface area contributed by atoms with E-state index in [0.29, 0.717) is 22.4 Å². The van der Waals surface area contributed by atoms with Crippen molar-refractivity contribution in [3.63, 3.8) is 0 Å². The quantitative estimate of drug-likeness (QED) is 0.642. The molecule has 0 radical (unpaired) electrons. The fourth-order valence-corrected chi connectivity index (χ4v) is 2.16. The van der Waals surface area contributed by atoms with Crippen LogP contribution < -0.4 is 5.73 Å². The standard InChI is InChI=1S/C12H17BrN2O3/c1-7(2)3-4-10(14)9-5-8(13)6-11(12(9)16)15(17)18/h5-7,10,16H,3-4,14H2,1-2H3/t10-/m0/s1. The number of hydrogen-bond donors (Lipinski definition) is 2. The maximum atomic E-state index is 10.8. The van der Waals surface area contributed by atoms with E-state index in [4.69, 9.17) is 5.73 Å². The van der Waals surface area contributed by atoms with E-state index in [0.717, 1.165) is 6.42 Å². The van der Waals surface area contributed by atoms with Gasteiger partial charge < -0.3 is 10.8 Å². The number of nitro groups is 1. The number of nitrogens with two attached hydrogens (primary N) is 1. The highest BCUT2D eigenvalue weighted by Crippen LogP contribution is 2.37. The molecule has 0 spiro atoms. The number of nitrogens with zero attached hydrogens (tertiary/aromatic N) is 1. The van der Waals surface area contributed by atoms with E-state index in [1.165, 1.54) is 6.07 Å². The molecule has 0 amide bonds. The Kier molecular flexibility index (Phi) is 5.10. The van der Waals surface area contributed by atoms with Crippen molar-refractivity contribution in [2.24, 2.45) is 11.7 Å². The first-order valence-electron chi connectivity index (χ1n) is 5.75. The van der Waals surface area contributed by atoms with Gasteiger partial charge in [-0.1, -0.05) is 29.8 Å². The van der Waals surface area contributed by atoms with E-state index in [1.807, 2.05) is 0 Å². The number of benzene rings is 1. The maximum Gasteiger partial charge on any atom is 0.312 e. The van der Waals surface area contributed by atoms with Crippen LogP contribution >= 0.6 is 15.9 Å². The third-order valence-electron chi connectivity index (χ3n) is 2.74. The van der Waals surface area contributed by atoms with Crippen LogP contribution in [0.15, 0.2) is 16.6 Å². The lowest BCUT2D eigenvalue weighted by atomic mass is 9.97. The molecule has 1 aromatic carbocycles. The SMILES string of the molecule is CC(C)CC[C@H](N)c1cc(Br)cc([N+](=O)[O-])c1O. The first kappa shape index (κ1) is 14.9. The minimum atomic E-state index is -0.612. The van der Waals surface area contributed by atoms with Gasteiger partial charge in [0.15, 0.2) is 5.75 Å². The molecule has 0 aliphatic heterocycles. The molecular weight excluding hydrogens is 300 g/mol. The third-order valence-corrected chi connectivity index (χ3v) is 3.19. The van der Waals surface area contributed by atoms with E-state index in [9.17, 15) is 15.2 Å². The normalized spacial score (nSPS) is 12.7. The van der Waals surface area contributed by atoms with Gasteiger partial charge in [-0.15, -0.1) is 0 Å². The van der Waals surface area contributed by atoms with Gasteiger partial charge in [0.25, 0.3) is 0 Å². The molecule has 0 saturated heterocycles. The largest absolute Gasteiger partial charge is 0.502 e. The Hall–Kier alpha value is -1.14. The molecule has 100 valence electrons. The number of phenolic OH excluding ortho intramolecular Hbond substituents is 1. The summed E-state index contributed by atoms with van der Waals surface area (Å²) in [5.41, 5.74) is 6.07. The van der Waals surface area contributed by atoms with Gasteiger partial charge in [0.05, 0.1) is 4.92 Å². The minimum Gasteiger partial charge on any atom is -0.502 e. The lowest BCUT2D eigenvalue weighted by molar-refractivity contribution is -0.386. The smallest absolute Gasteiger partial charge is 0.312 e. The van der Waals surface area contributed by atoms with Crippen LogP contribution in [0.3, 0.4) is 0 Å². The molecule has 5 nitrogen and oxygen atoms in total. The predicted molar refractivity (Wildman–Crippen MR) is 73.5 cm³/mol. The Morgan fingerprint density at radius 1 is 1.44 bits per heavy atom. The number of phenols is 1. The number of hydrogen-bond acceptors (Lipinski definition) is 4. The summed E-state index contributed by atoms with van der Waals surface area (Å²) in [7, 11) is 0. The zero-order chi connectivity index (χ0) is 13.9. The zero-order valence-corrected chi connectivity index (χ0v) is 12.0. The third kappa shape index (κ3) is 3.68. The van der Waals surface area contributed by atoms with Crippen LogP contribution in [0.25, 0.3) is 0 Å². The fourth-order valence-electron chi connectivity index (χ4n) is 1.70. The van der Waals surface area contributed by atoms with Crippen molar-refractivity contribution in [3.8, 4) is 5.75 Å². The van der Waals surface area contributed by atoms with Gasteiger partial charge in [-0.05, 0) is 24.8 Å². The Labute approximate surface area is 114 Å². The molecule has 1 aromatic rings. The number of aromatic hydroxyl groups is 1. The molecule has 3 N–H and O–H groups in total. The molecule has 0 aliphatic rings. The summed E-state index contributed by atoms with van der Waals surface area (Å²) >= 11 is 3.19. The van der Waals surface area contributed by atoms with Gasteiger partial charge in [0.1, 0.15) is 0 Å². The first-order valence-corrected chi connectivity index (χ1v) is 6.54. The maximum absolute atomic E-state index is 10.8. The Morgan fingerprint density at radius 2 is 2.06 bits per heavy atom. The summed E-state index contributed by atoms with van der Waals surface area (Å²) in [5.74, 6) is 0.166. The van der Waals surface area contributed by atoms with Crippen LogP contribution in [0, 0.1) is 16.0 Å². The Morgan fingerprint density at radius 3 is 2.56 bits per heavy atom. The van der Waals surface area contributed by atoms with Crippen LogP contribution in [0.4, 0.5) is 5.69 Å². The Bertz CT molecular complexity index is 449. The molecule has 0 fully saturated rings. The molecule has 6 heteroatoms. The molecule has 1 atom stereocenters. The van der Waals surface area contributed by atoms with Crippen LogP contribution in [-0.4, -0.2) is 10.0 Å². The topological polar surface area (TPSA) is 89.4 Å². The van der Waals surface area contributed by atoms with Gasteiger partial charge in [0.2, 0.25) is 0 Å². The molecule has 0 saturated carbocycles. The van der Waals surface area contributed by atoms with Crippen molar-refractivity contribution in [3.05, 3.63) is 32.3 Å². The van der Waals surface area contributed by atoms with Crippen molar-refractivity contribution in [2.45, 2.75) is 32.7 Å². The summed E-state index contributed by atoms with van der Waals surface area (Å²) in [5, 5.41) is 20.7. The van der Waals surface area contributed by atoms with Crippen molar-refractivity contribution in [2.75, 3.05) is 0 Å². The van der Waals surface area contributed by atoms with Crippen LogP contribution in [-0.2, 0) is 0 Å². The van der Waals surface area contributed by atoms with Crippen LogP contribution in [0.1, 0.15) is 38.3 Å². The highest BCUT2D eigenvalue weighted by Gasteiger charge is 2.22. The van der Waals surface area contributed by atoms with Crippen molar-refractivity contribution in [1.29, 1.82) is 0 Å². The highest BCUT2D eigenvalue weighted by atomic mass is 79.9. The summed E-state index contributed by atoms with van der Waals surface area (Å²) in [6.45, 7) is 4.16. The van der Waals surface area contributed by atoms with Gasteiger partial charge in [-0.3, -0.25) is 10.1 Å². The van der Waals surface area contributed by atoms with Gasteiger partial charge in [-0.25, -0.2) is 0 Å². The van der Waals surface area contributed by atoms with Crippen molar-refractivity contribution >= 4 is 21.6 Å². The summed E-state index contributed by atoms with van der Waals surface area (Å²) in [4.78, 5) is 10.2. The number of halogens is 1. The second-order valence-electron chi connectivity index (χ2n) is 4.70. The highest BCUT2D eigenvalue weighted by molar-refractivity contribution is 9.10. The second kappa shape index (κ2) is 6.15. The van der Waals surface area contributed by atoms with E-state index >= 15 is 0 Å². The van der Waals surface area contributed by atoms with E-state index in [-0.39, 0.29) is 11.4 Å². The molecule has 0 aromatic heterocycles. The average Bonchev–Trinajstić information content (AvgIpc) is 2.28. The van der Waals surface area contributed by atoms with Crippen molar-refractivity contribution < 1.29 is 10.0 Å². The summed E-state index contributed by atoms with van der Waals surface area (Å²) < 4.78 is 0.544. The first-order chi connectivity index (χ1) is 8.32. The average molecular weight is 317 g/mol. The molecule has 1 rings (SSSR count). The summed E-state index contributed by atoms with van der Waals surface area (Å²) in [6, 6.07) is 2.50. The van der Waals surface area contributed by atoms with E-state index < -0.39 is 11.0 Å². The molecule has 0 heterocycles. The molecule has 18 heavy (non-hydrogen) atoms. The number of rotatable bonds is 5. The lowest BCUT2D eigenvalue weighted by Gasteiger charge is -2.15. The molecular formula is C12H17BrN2O3.